The van der Waals surface area contributed by atoms with Gasteiger partial charge in [-0.2, -0.15) is 0 Å². The number of hydrogen-bond acceptors (Lipinski definition) is 3. The number of hydrogen-bond donors (Lipinski definition) is 3. The molecule has 1 aromatic rings. The summed E-state index contributed by atoms with van der Waals surface area (Å²) in [6.45, 7) is 2.21. The first kappa shape index (κ1) is 16.3. The predicted molar refractivity (Wildman–Crippen MR) is 83.8 cm³/mol. The third kappa shape index (κ3) is 6.45. The lowest BCUT2D eigenvalue weighted by molar-refractivity contribution is -0.116. The van der Waals surface area contributed by atoms with E-state index in [1.807, 2.05) is 0 Å². The minimum Gasteiger partial charge on any atom is -0.508 e. The number of anilines is 2. The average molecular weight is 278 g/mol. The van der Waals surface area contributed by atoms with E-state index in [2.05, 4.69) is 12.2 Å². The molecule has 0 atom stereocenters. The lowest BCUT2D eigenvalue weighted by atomic mass is 10.1. The van der Waals surface area contributed by atoms with Gasteiger partial charge in [0, 0.05) is 12.5 Å². The van der Waals surface area contributed by atoms with Crippen molar-refractivity contribution in [3.63, 3.8) is 0 Å². The summed E-state index contributed by atoms with van der Waals surface area (Å²) in [5.74, 6) is 0.0866. The first-order valence-electron chi connectivity index (χ1n) is 7.52. The molecule has 0 unspecified atom stereocenters. The zero-order valence-electron chi connectivity index (χ0n) is 12.3. The van der Waals surface area contributed by atoms with E-state index in [1.165, 1.54) is 44.2 Å². The van der Waals surface area contributed by atoms with E-state index in [1.54, 1.807) is 6.07 Å². The van der Waals surface area contributed by atoms with Gasteiger partial charge < -0.3 is 16.2 Å². The molecule has 0 saturated heterocycles. The third-order valence-corrected chi connectivity index (χ3v) is 3.32. The van der Waals surface area contributed by atoms with Crippen LogP contribution in [0, 0.1) is 0 Å². The van der Waals surface area contributed by atoms with Crippen LogP contribution in [0.5, 0.6) is 5.75 Å². The Morgan fingerprint density at radius 3 is 2.45 bits per heavy atom. The summed E-state index contributed by atoms with van der Waals surface area (Å²) in [5, 5.41) is 12.0. The fraction of sp³-hybridized carbons (Fsp3) is 0.562. The van der Waals surface area contributed by atoms with E-state index in [9.17, 15) is 9.90 Å². The highest BCUT2D eigenvalue weighted by molar-refractivity contribution is 5.93. The molecule has 1 amide bonds. The van der Waals surface area contributed by atoms with Crippen LogP contribution in [0.15, 0.2) is 18.2 Å². The molecule has 0 radical (unpaired) electrons. The molecule has 4 nitrogen and oxygen atoms in total. The minimum atomic E-state index is -0.0176. The fourth-order valence-electron chi connectivity index (χ4n) is 2.12. The number of rotatable bonds is 9. The molecule has 4 heteroatoms. The van der Waals surface area contributed by atoms with Gasteiger partial charge in [0.25, 0.3) is 0 Å². The zero-order valence-corrected chi connectivity index (χ0v) is 12.3. The van der Waals surface area contributed by atoms with E-state index in [0.717, 1.165) is 12.8 Å². The van der Waals surface area contributed by atoms with Crippen LogP contribution in [0.4, 0.5) is 11.4 Å². The summed E-state index contributed by atoms with van der Waals surface area (Å²) >= 11 is 0. The molecule has 0 aliphatic heterocycles. The second-order valence-electron chi connectivity index (χ2n) is 5.19. The van der Waals surface area contributed by atoms with Gasteiger partial charge in [-0.1, -0.05) is 45.4 Å². The number of carbonyl (C=O) groups excluding carboxylic acids is 1. The number of aromatic hydroxyl groups is 1. The number of benzene rings is 1. The van der Waals surface area contributed by atoms with Gasteiger partial charge in [0.1, 0.15) is 5.75 Å². The molecule has 0 fully saturated rings. The van der Waals surface area contributed by atoms with Crippen molar-refractivity contribution in [3.8, 4) is 5.75 Å². The summed E-state index contributed by atoms with van der Waals surface area (Å²) < 4.78 is 0. The van der Waals surface area contributed by atoms with Gasteiger partial charge in [-0.3, -0.25) is 4.79 Å². The molecule has 0 bridgehead atoms. The number of nitrogen functional groups attached to an aromatic ring is 1. The van der Waals surface area contributed by atoms with Crippen LogP contribution in [0.2, 0.25) is 0 Å². The first-order chi connectivity index (χ1) is 9.63. The van der Waals surface area contributed by atoms with Crippen molar-refractivity contribution in [2.45, 2.75) is 58.3 Å². The fourth-order valence-corrected chi connectivity index (χ4v) is 2.12. The summed E-state index contributed by atoms with van der Waals surface area (Å²) in [7, 11) is 0. The van der Waals surface area contributed by atoms with E-state index < -0.39 is 0 Å². The third-order valence-electron chi connectivity index (χ3n) is 3.32. The van der Waals surface area contributed by atoms with Gasteiger partial charge in [0.05, 0.1) is 11.4 Å². The molecule has 0 aromatic heterocycles. The number of carbonyl (C=O) groups is 1. The molecule has 0 aliphatic carbocycles. The van der Waals surface area contributed by atoms with Crippen LogP contribution >= 0.6 is 0 Å². The van der Waals surface area contributed by atoms with E-state index in [4.69, 9.17) is 5.73 Å². The maximum Gasteiger partial charge on any atom is 0.224 e. The van der Waals surface area contributed by atoms with E-state index >= 15 is 0 Å². The summed E-state index contributed by atoms with van der Waals surface area (Å²) in [6.07, 6.45) is 8.87. The second-order valence-corrected chi connectivity index (χ2v) is 5.19. The van der Waals surface area contributed by atoms with Crippen LogP contribution in [0.3, 0.4) is 0 Å². The second kappa shape index (κ2) is 9.23. The number of phenols is 1. The Hall–Kier alpha value is -1.71. The van der Waals surface area contributed by atoms with Crippen LogP contribution in [0.25, 0.3) is 0 Å². The molecule has 0 spiro atoms. The van der Waals surface area contributed by atoms with Crippen LogP contribution < -0.4 is 11.1 Å². The average Bonchev–Trinajstić information content (AvgIpc) is 2.41. The standard InChI is InChI=1S/C16H26N2O2/c1-2-3-4-5-6-7-8-9-16(20)18-15-11-10-13(19)12-14(15)17/h10-12,19H,2-9,17H2,1H3,(H,18,20). The normalized spacial score (nSPS) is 10.4. The molecule has 0 saturated carbocycles. The molecule has 20 heavy (non-hydrogen) atoms. The highest BCUT2D eigenvalue weighted by Gasteiger charge is 2.05. The van der Waals surface area contributed by atoms with Crippen molar-refractivity contribution >= 4 is 17.3 Å². The van der Waals surface area contributed by atoms with Crippen LogP contribution in [-0.2, 0) is 4.79 Å². The predicted octanol–water partition coefficient (Wildman–Crippen LogP) is 4.05. The van der Waals surface area contributed by atoms with Crippen LogP contribution in [-0.4, -0.2) is 11.0 Å². The van der Waals surface area contributed by atoms with Crippen molar-refractivity contribution in [3.05, 3.63) is 18.2 Å². The maximum atomic E-state index is 11.8. The van der Waals surface area contributed by atoms with Gasteiger partial charge >= 0.3 is 0 Å². The van der Waals surface area contributed by atoms with Crippen molar-refractivity contribution in [2.24, 2.45) is 0 Å². The molecule has 4 N–H and O–H groups in total. The minimum absolute atomic E-state index is 0.0176. The molecular weight excluding hydrogens is 252 g/mol. The molecule has 1 rings (SSSR count). The number of unbranched alkanes of at least 4 members (excludes halogenated alkanes) is 6. The SMILES string of the molecule is CCCCCCCCCC(=O)Nc1ccc(O)cc1N. The Morgan fingerprint density at radius 1 is 1.15 bits per heavy atom. The zero-order chi connectivity index (χ0) is 14.8. The Kier molecular flexibility index (Phi) is 7.55. The van der Waals surface area contributed by atoms with Crippen molar-refractivity contribution in [1.29, 1.82) is 0 Å². The monoisotopic (exact) mass is 278 g/mol. The highest BCUT2D eigenvalue weighted by Crippen LogP contribution is 2.23. The van der Waals surface area contributed by atoms with Gasteiger partial charge in [-0.25, -0.2) is 0 Å². The quantitative estimate of drug-likeness (QED) is 0.362. The van der Waals surface area contributed by atoms with E-state index in [-0.39, 0.29) is 11.7 Å². The Morgan fingerprint density at radius 2 is 1.80 bits per heavy atom. The van der Waals surface area contributed by atoms with Crippen molar-refractivity contribution in [1.82, 2.24) is 0 Å². The van der Waals surface area contributed by atoms with Gasteiger partial charge in [0.15, 0.2) is 0 Å². The summed E-state index contributed by atoms with van der Waals surface area (Å²) in [5.41, 5.74) is 6.67. The molecular formula is C16H26N2O2. The number of nitrogens with one attached hydrogen (secondary N) is 1. The lowest BCUT2D eigenvalue weighted by Gasteiger charge is -2.08. The van der Waals surface area contributed by atoms with Gasteiger partial charge in [-0.05, 0) is 18.6 Å². The van der Waals surface area contributed by atoms with Crippen molar-refractivity contribution < 1.29 is 9.90 Å². The number of phenolic OH excluding ortho intramolecular Hbond substituents is 1. The highest BCUT2D eigenvalue weighted by atomic mass is 16.3. The molecule has 0 heterocycles. The first-order valence-corrected chi connectivity index (χ1v) is 7.52. The maximum absolute atomic E-state index is 11.8. The number of nitrogens with two attached hydrogens (primary N) is 1. The Bertz CT molecular complexity index is 419. The van der Waals surface area contributed by atoms with Gasteiger partial charge in [-0.15, -0.1) is 0 Å². The van der Waals surface area contributed by atoms with Gasteiger partial charge in [0.2, 0.25) is 5.91 Å². The van der Waals surface area contributed by atoms with E-state index in [0.29, 0.717) is 17.8 Å². The Labute approximate surface area is 121 Å². The lowest BCUT2D eigenvalue weighted by Crippen LogP contribution is -2.12. The summed E-state index contributed by atoms with van der Waals surface area (Å²) in [6, 6.07) is 4.57. The summed E-state index contributed by atoms with van der Waals surface area (Å²) in [4.78, 5) is 11.8. The molecule has 112 valence electrons. The smallest absolute Gasteiger partial charge is 0.224 e. The number of amides is 1. The van der Waals surface area contributed by atoms with Crippen molar-refractivity contribution in [2.75, 3.05) is 11.1 Å². The Balaban J connectivity index is 2.17. The largest absolute Gasteiger partial charge is 0.508 e. The topological polar surface area (TPSA) is 75.3 Å². The van der Waals surface area contributed by atoms with Crippen LogP contribution in [0.1, 0.15) is 58.3 Å². The molecule has 1 aromatic carbocycles. The molecule has 0 aliphatic rings.